The first kappa shape index (κ1) is 20.4. The normalized spacial score (nSPS) is 19.3. The van der Waals surface area contributed by atoms with Gasteiger partial charge in [0.05, 0.1) is 12.0 Å². The lowest BCUT2D eigenvalue weighted by molar-refractivity contribution is -0.125. The number of amides is 2. The van der Waals surface area contributed by atoms with Crippen molar-refractivity contribution in [3.05, 3.63) is 35.4 Å². The van der Waals surface area contributed by atoms with E-state index in [0.29, 0.717) is 18.7 Å². The molecule has 0 radical (unpaired) electrons. The number of carbonyl (C=O) groups is 2. The molecule has 1 fully saturated rings. The van der Waals surface area contributed by atoms with Gasteiger partial charge in [0, 0.05) is 18.8 Å². The Morgan fingerprint density at radius 1 is 1.33 bits per heavy atom. The zero-order chi connectivity index (χ0) is 20.2. The summed E-state index contributed by atoms with van der Waals surface area (Å²) in [5.41, 5.74) is 1.53. The van der Waals surface area contributed by atoms with Crippen LogP contribution in [0.25, 0.3) is 0 Å². The molecule has 2 atom stereocenters. The van der Waals surface area contributed by atoms with Gasteiger partial charge < -0.3 is 15.5 Å². The molecule has 27 heavy (non-hydrogen) atoms. The average Bonchev–Trinajstić information content (AvgIpc) is 3.03. The van der Waals surface area contributed by atoms with Gasteiger partial charge in [0.1, 0.15) is 11.6 Å². The molecule has 1 aliphatic rings. The van der Waals surface area contributed by atoms with Crippen molar-refractivity contribution in [2.24, 2.45) is 5.92 Å². The Balaban J connectivity index is 2.02. The summed E-state index contributed by atoms with van der Waals surface area (Å²) in [5, 5.41) is 19.6. The highest BCUT2D eigenvalue weighted by Crippen LogP contribution is 2.25. The first-order valence-corrected chi connectivity index (χ1v) is 8.92. The first-order valence-electron chi connectivity index (χ1n) is 8.92. The number of rotatable bonds is 4. The van der Waals surface area contributed by atoms with E-state index < -0.39 is 17.7 Å². The molecule has 1 aliphatic heterocycles. The average molecular weight is 370 g/mol. The number of hydrogen-bond acceptors (Lipinski definition) is 5. The fraction of sp³-hybridized carbons (Fsp3) is 0.500. The quantitative estimate of drug-likeness (QED) is 0.795. The molecular weight excluding hydrogens is 344 g/mol. The van der Waals surface area contributed by atoms with Gasteiger partial charge in [0.2, 0.25) is 5.91 Å². The molecule has 0 unspecified atom stereocenters. The molecule has 144 valence electrons. The van der Waals surface area contributed by atoms with Crippen LogP contribution in [0.15, 0.2) is 24.3 Å². The third-order valence-electron chi connectivity index (χ3n) is 4.27. The minimum absolute atomic E-state index is 0.191. The Morgan fingerprint density at radius 2 is 1.96 bits per heavy atom. The van der Waals surface area contributed by atoms with Crippen LogP contribution < -0.4 is 5.32 Å². The van der Waals surface area contributed by atoms with Crippen LogP contribution in [0.1, 0.15) is 45.2 Å². The third-order valence-corrected chi connectivity index (χ3v) is 4.27. The van der Waals surface area contributed by atoms with E-state index in [9.17, 15) is 14.9 Å². The molecule has 7 heteroatoms. The van der Waals surface area contributed by atoms with E-state index in [4.69, 9.17) is 10.1 Å². The maximum Gasteiger partial charge on any atom is 0.411 e. The lowest BCUT2D eigenvalue weighted by atomic mass is 10.1. The minimum Gasteiger partial charge on any atom is -0.444 e. The molecule has 2 amide bonds. The topological polar surface area (TPSA) is 106 Å². The number of nitriles is 1. The van der Waals surface area contributed by atoms with Crippen molar-refractivity contribution in [3.63, 3.8) is 0 Å². The summed E-state index contributed by atoms with van der Waals surface area (Å²) in [7, 11) is 0. The Bertz CT molecular complexity index is 759. The molecular formula is C20H26N4O3. The van der Waals surface area contributed by atoms with Crippen LogP contribution in [0.3, 0.4) is 0 Å². The van der Waals surface area contributed by atoms with Gasteiger partial charge in [-0.25, -0.2) is 4.79 Å². The van der Waals surface area contributed by atoms with E-state index >= 15 is 0 Å². The molecule has 0 bridgehead atoms. The van der Waals surface area contributed by atoms with E-state index in [1.165, 1.54) is 4.90 Å². The van der Waals surface area contributed by atoms with Crippen LogP contribution in [0, 0.1) is 22.7 Å². The number of likely N-dealkylation sites (tertiary alicyclic amines) is 1. The van der Waals surface area contributed by atoms with Gasteiger partial charge in [-0.1, -0.05) is 24.3 Å². The molecule has 0 aromatic heterocycles. The first-order chi connectivity index (χ1) is 12.6. The fourth-order valence-electron chi connectivity index (χ4n) is 2.88. The second-order valence-corrected chi connectivity index (χ2v) is 7.75. The van der Waals surface area contributed by atoms with Crippen molar-refractivity contribution in [2.45, 2.75) is 52.3 Å². The zero-order valence-electron chi connectivity index (χ0n) is 16.2. The molecule has 1 aromatic carbocycles. The van der Waals surface area contributed by atoms with Crippen LogP contribution in [-0.4, -0.2) is 40.8 Å². The van der Waals surface area contributed by atoms with E-state index in [0.717, 1.165) is 11.1 Å². The summed E-state index contributed by atoms with van der Waals surface area (Å²) < 4.78 is 5.37. The summed E-state index contributed by atoms with van der Waals surface area (Å²) in [6, 6.07) is 8.79. The largest absolute Gasteiger partial charge is 0.444 e. The number of ether oxygens (including phenoxy) is 1. The number of benzene rings is 1. The van der Waals surface area contributed by atoms with Crippen molar-refractivity contribution in [1.82, 2.24) is 10.2 Å². The van der Waals surface area contributed by atoms with Crippen LogP contribution in [0.5, 0.6) is 0 Å². The number of nitrogens with zero attached hydrogens (tertiary/aromatic N) is 2. The Morgan fingerprint density at radius 3 is 2.48 bits per heavy atom. The Hall–Kier alpha value is -2.88. The van der Waals surface area contributed by atoms with Crippen LogP contribution in [0.4, 0.5) is 4.79 Å². The van der Waals surface area contributed by atoms with Gasteiger partial charge in [0.15, 0.2) is 0 Å². The third kappa shape index (κ3) is 5.55. The summed E-state index contributed by atoms with van der Waals surface area (Å²) in [4.78, 5) is 26.4. The van der Waals surface area contributed by atoms with Gasteiger partial charge in [-0.3, -0.25) is 9.69 Å². The minimum atomic E-state index is -0.715. The van der Waals surface area contributed by atoms with E-state index in [2.05, 4.69) is 11.4 Å². The maximum absolute atomic E-state index is 12.6. The zero-order valence-corrected chi connectivity index (χ0v) is 16.2. The molecule has 0 aliphatic carbocycles. The molecule has 0 spiro atoms. The highest BCUT2D eigenvalue weighted by Gasteiger charge is 2.41. The molecule has 2 rings (SSSR count). The van der Waals surface area contributed by atoms with Crippen molar-refractivity contribution in [3.8, 4) is 6.07 Å². The lowest BCUT2D eigenvalue weighted by Gasteiger charge is -2.28. The van der Waals surface area contributed by atoms with Crippen LogP contribution in [0.2, 0.25) is 0 Å². The van der Waals surface area contributed by atoms with Crippen molar-refractivity contribution in [2.75, 3.05) is 6.54 Å². The van der Waals surface area contributed by atoms with E-state index in [-0.39, 0.29) is 18.4 Å². The fourth-order valence-corrected chi connectivity index (χ4v) is 2.88. The Labute approximate surface area is 159 Å². The number of carbonyl (C=O) groups excluding carboxylic acids is 2. The maximum atomic E-state index is 12.6. The van der Waals surface area contributed by atoms with E-state index in [1.807, 2.05) is 24.3 Å². The molecule has 7 nitrogen and oxygen atoms in total. The van der Waals surface area contributed by atoms with Crippen molar-refractivity contribution >= 4 is 17.7 Å². The summed E-state index contributed by atoms with van der Waals surface area (Å²) >= 11 is 0. The highest BCUT2D eigenvalue weighted by molar-refractivity contribution is 5.96. The monoisotopic (exact) mass is 370 g/mol. The summed E-state index contributed by atoms with van der Waals surface area (Å²) in [6.07, 6.45) is -0.278. The molecule has 2 N–H and O–H groups in total. The van der Waals surface area contributed by atoms with Crippen molar-refractivity contribution in [1.29, 1.82) is 10.7 Å². The van der Waals surface area contributed by atoms with Crippen LogP contribution in [-0.2, 0) is 16.1 Å². The Kier molecular flexibility index (Phi) is 6.21. The smallest absolute Gasteiger partial charge is 0.411 e. The SMILES string of the molecule is CC(=N)c1ccc(CNC(=O)[C@@H]2C[C@@H](C#N)CN2C(=O)OC(C)(C)C)cc1. The molecule has 1 aromatic rings. The van der Waals surface area contributed by atoms with Gasteiger partial charge in [-0.2, -0.15) is 5.26 Å². The van der Waals surface area contributed by atoms with Gasteiger partial charge in [-0.05, 0) is 45.2 Å². The second-order valence-electron chi connectivity index (χ2n) is 7.75. The number of nitrogens with one attached hydrogen (secondary N) is 2. The molecule has 1 heterocycles. The molecule has 0 saturated carbocycles. The number of hydrogen-bond donors (Lipinski definition) is 2. The van der Waals surface area contributed by atoms with Crippen LogP contribution >= 0.6 is 0 Å². The second kappa shape index (κ2) is 8.21. The van der Waals surface area contributed by atoms with Gasteiger partial charge in [0.25, 0.3) is 0 Å². The standard InChI is InChI=1S/C20H26N4O3/c1-13(22)16-7-5-14(6-8-16)11-23-18(25)17-9-15(10-21)12-24(17)19(26)27-20(2,3)4/h5-8,15,17,22H,9,11-12H2,1-4H3,(H,23,25)/t15-,17-/m0/s1. The van der Waals surface area contributed by atoms with Gasteiger partial charge in [-0.15, -0.1) is 0 Å². The molecule has 1 saturated heterocycles. The highest BCUT2D eigenvalue weighted by atomic mass is 16.6. The van der Waals surface area contributed by atoms with E-state index in [1.54, 1.807) is 27.7 Å². The summed E-state index contributed by atoms with van der Waals surface area (Å²) in [6.45, 7) is 7.50. The summed E-state index contributed by atoms with van der Waals surface area (Å²) in [5.74, 6) is -0.686. The predicted octanol–water partition coefficient (Wildman–Crippen LogP) is 2.84. The predicted molar refractivity (Wildman–Crippen MR) is 101 cm³/mol. The van der Waals surface area contributed by atoms with Gasteiger partial charge >= 0.3 is 6.09 Å². The van der Waals surface area contributed by atoms with Crippen molar-refractivity contribution < 1.29 is 14.3 Å². The lowest BCUT2D eigenvalue weighted by Crippen LogP contribution is -2.47.